The highest BCUT2D eigenvalue weighted by molar-refractivity contribution is 5.77. The van der Waals surface area contributed by atoms with Gasteiger partial charge in [0.1, 0.15) is 16.9 Å². The molecule has 2 heterocycles. The number of rotatable bonds is 4. The third-order valence-corrected chi connectivity index (χ3v) is 3.94. The number of H-pyrrole nitrogens is 1. The molecule has 1 atom stereocenters. The van der Waals surface area contributed by atoms with Gasteiger partial charge in [-0.1, -0.05) is 24.3 Å². The van der Waals surface area contributed by atoms with E-state index in [1.807, 2.05) is 6.92 Å². The standard InChI is InChI=1S/C16H16F2N4O2/c1-8(10-3-5-11(6-4-10)14(17)18)22-15-13(12(7-23)21-22)16(24)20-9(2)19-15/h3-6,8,14,23H,7H2,1-2H3,(H,19,20,24)/t8-/m1/s1. The number of aryl methyl sites for hydroxylation is 1. The van der Waals surface area contributed by atoms with Crippen LogP contribution in [0.5, 0.6) is 0 Å². The first kappa shape index (κ1) is 16.3. The Bertz CT molecular complexity index is 932. The van der Waals surface area contributed by atoms with Crippen LogP contribution in [0, 0.1) is 6.92 Å². The summed E-state index contributed by atoms with van der Waals surface area (Å²) in [6.07, 6.45) is -2.52. The van der Waals surface area contributed by atoms with E-state index in [-0.39, 0.29) is 28.2 Å². The number of alkyl halides is 2. The van der Waals surface area contributed by atoms with Gasteiger partial charge in [-0.15, -0.1) is 0 Å². The van der Waals surface area contributed by atoms with Crippen molar-refractivity contribution in [3.05, 3.63) is 57.3 Å². The minimum absolute atomic E-state index is 0.0577. The molecule has 0 saturated carbocycles. The van der Waals surface area contributed by atoms with Crippen molar-refractivity contribution in [1.82, 2.24) is 19.7 Å². The molecule has 0 fully saturated rings. The topological polar surface area (TPSA) is 83.8 Å². The number of nitrogens with one attached hydrogen (secondary N) is 1. The van der Waals surface area contributed by atoms with E-state index in [0.29, 0.717) is 11.5 Å². The van der Waals surface area contributed by atoms with Crippen LogP contribution in [0.25, 0.3) is 11.0 Å². The maximum Gasteiger partial charge on any atom is 0.263 e. The van der Waals surface area contributed by atoms with Crippen molar-refractivity contribution in [2.24, 2.45) is 0 Å². The van der Waals surface area contributed by atoms with Crippen LogP contribution in [0.1, 0.15) is 42.0 Å². The Balaban J connectivity index is 2.13. The van der Waals surface area contributed by atoms with E-state index in [4.69, 9.17) is 0 Å². The summed E-state index contributed by atoms with van der Waals surface area (Å²) in [6, 6.07) is 5.57. The molecule has 24 heavy (non-hydrogen) atoms. The molecular formula is C16H16F2N4O2. The smallest absolute Gasteiger partial charge is 0.263 e. The Morgan fingerprint density at radius 2 is 1.88 bits per heavy atom. The quantitative estimate of drug-likeness (QED) is 0.768. The number of nitrogens with zero attached hydrogens (tertiary/aromatic N) is 3. The largest absolute Gasteiger partial charge is 0.390 e. The van der Waals surface area contributed by atoms with E-state index in [2.05, 4.69) is 15.1 Å². The normalized spacial score (nSPS) is 12.9. The number of benzene rings is 1. The summed E-state index contributed by atoms with van der Waals surface area (Å²) in [7, 11) is 0. The monoisotopic (exact) mass is 334 g/mol. The van der Waals surface area contributed by atoms with Gasteiger partial charge in [0.2, 0.25) is 0 Å². The van der Waals surface area contributed by atoms with Crippen LogP contribution in [0.3, 0.4) is 0 Å². The molecule has 0 amide bonds. The molecule has 8 heteroatoms. The highest BCUT2D eigenvalue weighted by Crippen LogP contribution is 2.25. The number of aromatic amines is 1. The highest BCUT2D eigenvalue weighted by Gasteiger charge is 2.20. The molecule has 2 N–H and O–H groups in total. The molecule has 0 saturated heterocycles. The zero-order valence-electron chi connectivity index (χ0n) is 13.1. The van der Waals surface area contributed by atoms with Crippen molar-refractivity contribution < 1.29 is 13.9 Å². The predicted octanol–water partition coefficient (Wildman–Crippen LogP) is 2.47. The summed E-state index contributed by atoms with van der Waals surface area (Å²) >= 11 is 0. The second-order valence-corrected chi connectivity index (χ2v) is 5.54. The number of hydrogen-bond acceptors (Lipinski definition) is 4. The molecule has 0 aliphatic rings. The summed E-state index contributed by atoms with van der Waals surface area (Å²) in [6.45, 7) is 3.08. The third-order valence-electron chi connectivity index (χ3n) is 3.94. The Hall–Kier alpha value is -2.61. The molecule has 6 nitrogen and oxygen atoms in total. The van der Waals surface area contributed by atoms with Gasteiger partial charge in [-0.25, -0.2) is 18.4 Å². The van der Waals surface area contributed by atoms with Gasteiger partial charge in [-0.3, -0.25) is 4.79 Å². The maximum atomic E-state index is 12.7. The van der Waals surface area contributed by atoms with E-state index in [9.17, 15) is 18.7 Å². The Morgan fingerprint density at radius 1 is 1.25 bits per heavy atom. The zero-order valence-corrected chi connectivity index (χ0v) is 13.1. The van der Waals surface area contributed by atoms with E-state index in [1.165, 1.54) is 16.8 Å². The van der Waals surface area contributed by atoms with Crippen molar-refractivity contribution in [2.75, 3.05) is 0 Å². The van der Waals surface area contributed by atoms with Gasteiger partial charge in [0.05, 0.1) is 12.6 Å². The number of aliphatic hydroxyl groups excluding tert-OH is 1. The lowest BCUT2D eigenvalue weighted by Gasteiger charge is -2.14. The number of hydrogen-bond donors (Lipinski definition) is 2. The van der Waals surface area contributed by atoms with Crippen LogP contribution in [0.2, 0.25) is 0 Å². The number of aliphatic hydroxyl groups is 1. The van der Waals surface area contributed by atoms with Gasteiger partial charge < -0.3 is 10.1 Å². The van der Waals surface area contributed by atoms with Crippen LogP contribution in [0.4, 0.5) is 8.78 Å². The first-order valence-corrected chi connectivity index (χ1v) is 7.39. The molecule has 0 bridgehead atoms. The summed E-state index contributed by atoms with van der Waals surface area (Å²) in [4.78, 5) is 19.0. The molecule has 2 aromatic heterocycles. The molecule has 0 spiro atoms. The molecular weight excluding hydrogens is 318 g/mol. The van der Waals surface area contributed by atoms with Crippen LogP contribution in [-0.4, -0.2) is 24.9 Å². The molecule has 0 unspecified atom stereocenters. The van der Waals surface area contributed by atoms with Crippen molar-refractivity contribution in [1.29, 1.82) is 0 Å². The van der Waals surface area contributed by atoms with E-state index in [1.54, 1.807) is 19.1 Å². The van der Waals surface area contributed by atoms with Crippen molar-refractivity contribution in [3.63, 3.8) is 0 Å². The van der Waals surface area contributed by atoms with Crippen LogP contribution in [-0.2, 0) is 6.61 Å². The molecule has 0 aliphatic carbocycles. The van der Waals surface area contributed by atoms with Crippen molar-refractivity contribution >= 4 is 11.0 Å². The minimum atomic E-state index is -2.52. The van der Waals surface area contributed by atoms with Crippen molar-refractivity contribution in [3.8, 4) is 0 Å². The highest BCUT2D eigenvalue weighted by atomic mass is 19.3. The van der Waals surface area contributed by atoms with Crippen molar-refractivity contribution in [2.45, 2.75) is 32.9 Å². The third kappa shape index (κ3) is 2.69. The van der Waals surface area contributed by atoms with Gasteiger partial charge in [0, 0.05) is 5.56 Å². The lowest BCUT2D eigenvalue weighted by molar-refractivity contribution is 0.151. The van der Waals surface area contributed by atoms with E-state index >= 15 is 0 Å². The second-order valence-electron chi connectivity index (χ2n) is 5.54. The molecule has 0 radical (unpaired) electrons. The number of halogens is 2. The number of aromatic nitrogens is 4. The summed E-state index contributed by atoms with van der Waals surface area (Å²) < 4.78 is 26.9. The number of fused-ring (bicyclic) bond motifs is 1. The summed E-state index contributed by atoms with van der Waals surface area (Å²) in [5, 5.41) is 14.0. The van der Waals surface area contributed by atoms with Gasteiger partial charge >= 0.3 is 0 Å². The molecule has 3 aromatic rings. The Morgan fingerprint density at radius 3 is 2.46 bits per heavy atom. The SMILES string of the molecule is Cc1nc2c(c(CO)nn2[C@H](C)c2ccc(C(F)F)cc2)c(=O)[nH]1. The average Bonchev–Trinajstić information content (AvgIpc) is 2.93. The van der Waals surface area contributed by atoms with Crippen LogP contribution < -0.4 is 5.56 Å². The maximum absolute atomic E-state index is 12.7. The average molecular weight is 334 g/mol. The van der Waals surface area contributed by atoms with Gasteiger partial charge in [-0.2, -0.15) is 5.10 Å². The Labute approximate surface area is 135 Å². The molecule has 3 rings (SSSR count). The lowest BCUT2D eigenvalue weighted by Crippen LogP contribution is -2.13. The predicted molar refractivity (Wildman–Crippen MR) is 84.0 cm³/mol. The Kier molecular flexibility index (Phi) is 4.15. The first-order chi connectivity index (χ1) is 11.4. The molecule has 126 valence electrons. The fourth-order valence-electron chi connectivity index (χ4n) is 2.67. The second kappa shape index (κ2) is 6.12. The van der Waals surface area contributed by atoms with Gasteiger partial charge in [-0.05, 0) is 19.4 Å². The zero-order chi connectivity index (χ0) is 17.4. The van der Waals surface area contributed by atoms with Crippen LogP contribution >= 0.6 is 0 Å². The van der Waals surface area contributed by atoms with Crippen LogP contribution in [0.15, 0.2) is 29.1 Å². The van der Waals surface area contributed by atoms with Gasteiger partial charge in [0.15, 0.2) is 5.65 Å². The fourth-order valence-corrected chi connectivity index (χ4v) is 2.67. The summed E-state index contributed by atoms with van der Waals surface area (Å²) in [5.74, 6) is 0.429. The van der Waals surface area contributed by atoms with E-state index in [0.717, 1.165) is 5.56 Å². The van der Waals surface area contributed by atoms with Gasteiger partial charge in [0.25, 0.3) is 12.0 Å². The molecule has 1 aromatic carbocycles. The lowest BCUT2D eigenvalue weighted by atomic mass is 10.1. The minimum Gasteiger partial charge on any atom is -0.390 e. The fraction of sp³-hybridized carbons (Fsp3) is 0.312. The van der Waals surface area contributed by atoms with E-state index < -0.39 is 13.0 Å². The first-order valence-electron chi connectivity index (χ1n) is 7.39. The summed E-state index contributed by atoms with van der Waals surface area (Å²) in [5.41, 5.74) is 0.902. The molecule has 0 aliphatic heterocycles.